The van der Waals surface area contributed by atoms with E-state index in [1.54, 1.807) is 0 Å². The monoisotopic (exact) mass is 454 g/mol. The Kier molecular flexibility index (Phi) is 20.2. The fraction of sp³-hybridized carbons (Fsp3) is 1.00. The first-order chi connectivity index (χ1) is 8.91. The van der Waals surface area contributed by atoms with Gasteiger partial charge in [-0.1, -0.05) is 0 Å². The third-order valence-electron chi connectivity index (χ3n) is 1.17. The third-order valence-corrected chi connectivity index (χ3v) is 3.74. The van der Waals surface area contributed by atoms with Crippen LogP contribution in [0.4, 0.5) is 0 Å². The molecular weight excluding hydrogens is 444 g/mol. The smallest absolute Gasteiger partial charge is 0.790 e. The van der Waals surface area contributed by atoms with Gasteiger partial charge in [0.05, 0.1) is 31.8 Å². The van der Waals surface area contributed by atoms with Gasteiger partial charge in [0.15, 0.2) is 0 Å². The van der Waals surface area contributed by atoms with E-state index in [1.165, 1.54) is 0 Å². The zero-order chi connectivity index (χ0) is 16.4. The summed E-state index contributed by atoms with van der Waals surface area (Å²) in [6.45, 7) is -0.606. The van der Waals surface area contributed by atoms with Gasteiger partial charge in [-0.15, -0.1) is 46.4 Å². The van der Waals surface area contributed by atoms with Gasteiger partial charge in [-0.3, -0.25) is 4.52 Å². The Hall–Kier alpha value is 2.64. The fourth-order valence-electron chi connectivity index (χ4n) is 0.439. The van der Waals surface area contributed by atoms with E-state index in [0.29, 0.717) is 0 Å². The van der Waals surface area contributed by atoms with Crippen molar-refractivity contribution in [2.45, 2.75) is 10.8 Å². The summed E-state index contributed by atoms with van der Waals surface area (Å²) < 4.78 is 27.7. The van der Waals surface area contributed by atoms with Crippen LogP contribution in [0.5, 0.6) is 0 Å². The van der Waals surface area contributed by atoms with Gasteiger partial charge >= 0.3 is 45.6 Å². The first-order valence-electron chi connectivity index (χ1n) is 4.68. The van der Waals surface area contributed by atoms with Crippen molar-refractivity contribution in [1.82, 2.24) is 0 Å². The van der Waals surface area contributed by atoms with Crippen LogP contribution in [-0.4, -0.2) is 83.3 Å². The summed E-state index contributed by atoms with van der Waals surface area (Å²) in [6.07, 6.45) is 0. The summed E-state index contributed by atoms with van der Waals surface area (Å²) in [7, 11) is -9.25. The molecule has 8 nitrogen and oxygen atoms in total. The van der Waals surface area contributed by atoms with E-state index in [4.69, 9.17) is 56.2 Å². The third kappa shape index (κ3) is 27.8. The van der Waals surface area contributed by atoms with Crippen molar-refractivity contribution in [3.8, 4) is 0 Å². The summed E-state index contributed by atoms with van der Waals surface area (Å²) in [4.78, 5) is 35.9. The van der Waals surface area contributed by atoms with Crippen LogP contribution in [0.2, 0.25) is 0 Å². The predicted molar refractivity (Wildman–Crippen MR) is 78.0 cm³/mol. The van der Waals surface area contributed by atoms with Crippen LogP contribution < -0.4 is 9.79 Å². The van der Waals surface area contributed by atoms with Crippen molar-refractivity contribution < 1.29 is 37.8 Å². The molecule has 0 aliphatic rings. The van der Waals surface area contributed by atoms with Gasteiger partial charge in [0.25, 0.3) is 0 Å². The van der Waals surface area contributed by atoms with Gasteiger partial charge < -0.3 is 28.7 Å². The second kappa shape index (κ2) is 14.9. The molecule has 0 aromatic carbocycles. The minimum atomic E-state index is -4.88. The number of hydrogen-bond donors (Lipinski definition) is 2. The van der Waals surface area contributed by atoms with Gasteiger partial charge in [-0.2, -0.15) is 0 Å². The second-order valence-electron chi connectivity index (χ2n) is 3.03. The van der Waals surface area contributed by atoms with Gasteiger partial charge in [-0.05, 0) is 0 Å². The number of phosphoric ester groups is 2. The van der Waals surface area contributed by atoms with Gasteiger partial charge in [-0.25, -0.2) is 4.57 Å². The molecule has 21 heavy (non-hydrogen) atoms. The van der Waals surface area contributed by atoms with Gasteiger partial charge in [0.2, 0.25) is 0 Å². The molecule has 0 aliphatic carbocycles. The molecule has 15 heteroatoms. The van der Waals surface area contributed by atoms with E-state index >= 15 is 0 Å². The standard InChI is InChI=1S/2C3H7Cl2O4P.Ca/c2*4-1-3(5)2-9-10(6,7)8;/h2*3H,1-2H2,(H2,6,7,8);/q;;+2/p-2. The molecule has 0 saturated carbocycles. The Bertz CT molecular complexity index is 307. The average Bonchev–Trinajstić information content (AvgIpc) is 2.31. The van der Waals surface area contributed by atoms with Crippen LogP contribution in [0.1, 0.15) is 0 Å². The molecule has 2 atom stereocenters. The molecule has 0 aliphatic heterocycles. The van der Waals surface area contributed by atoms with Crippen LogP contribution in [-0.2, 0) is 18.2 Å². The Balaban J connectivity index is -0.000000295. The molecule has 124 valence electrons. The second-order valence-corrected chi connectivity index (χ2v) is 7.28. The van der Waals surface area contributed by atoms with Gasteiger partial charge in [0, 0.05) is 11.8 Å². The van der Waals surface area contributed by atoms with Crippen LogP contribution in [0.15, 0.2) is 0 Å². The molecule has 2 unspecified atom stereocenters. The summed E-state index contributed by atoms with van der Waals surface area (Å²) >= 11 is 21.1. The maximum absolute atomic E-state index is 10.0. The quantitative estimate of drug-likeness (QED) is 0.301. The number of halogens is 4. The molecule has 0 rings (SSSR count). The first kappa shape index (κ1) is 28.4. The summed E-state index contributed by atoms with van der Waals surface area (Å²) in [5, 5.41) is -1.20. The van der Waals surface area contributed by atoms with Crippen LogP contribution in [0.3, 0.4) is 0 Å². The Morgan fingerprint density at radius 2 is 1.29 bits per heavy atom. The largest absolute Gasteiger partial charge is 2.00 e. The zero-order valence-corrected chi connectivity index (χ0v) is 17.5. The topological polar surface area (TPSA) is 139 Å². The molecule has 2 N–H and O–H groups in total. The van der Waals surface area contributed by atoms with E-state index in [1.807, 2.05) is 0 Å². The minimum Gasteiger partial charge on any atom is -0.790 e. The Morgan fingerprint density at radius 3 is 1.52 bits per heavy atom. The summed E-state index contributed by atoms with van der Waals surface area (Å²) in [5.74, 6) is 0.142. The normalized spacial score (nSPS) is 14.5. The van der Waals surface area contributed by atoms with Crippen molar-refractivity contribution >= 4 is 99.8 Å². The number of rotatable bonds is 8. The molecule has 0 bridgehead atoms. The molecule has 0 aromatic heterocycles. The van der Waals surface area contributed by atoms with Crippen molar-refractivity contribution in [3.63, 3.8) is 0 Å². The number of phosphoric acid groups is 2. The maximum atomic E-state index is 10.0. The molecule has 0 amide bonds. The predicted octanol–water partition coefficient (Wildman–Crippen LogP) is 0.239. The summed E-state index contributed by atoms with van der Waals surface area (Å²) in [5.41, 5.74) is 0. The van der Waals surface area contributed by atoms with E-state index < -0.39 is 26.4 Å². The molecular formula is C6H12CaCl4O8P2. The van der Waals surface area contributed by atoms with Crippen molar-refractivity contribution in [2.75, 3.05) is 25.0 Å². The number of alkyl halides is 4. The minimum absolute atomic E-state index is 0. The number of hydrogen-bond acceptors (Lipinski definition) is 6. The average molecular weight is 456 g/mol. The Morgan fingerprint density at radius 1 is 0.952 bits per heavy atom. The molecule has 0 fully saturated rings. The molecule has 0 heterocycles. The van der Waals surface area contributed by atoms with Crippen LogP contribution in [0, 0.1) is 0 Å². The van der Waals surface area contributed by atoms with E-state index in [-0.39, 0.29) is 62.7 Å². The SMILES string of the molecule is O=P(O)(O)OCC(Cl)CCl.O=P([O-])([O-])OCC(Cl)CCl.[Ca+2]. The van der Waals surface area contributed by atoms with E-state index in [2.05, 4.69) is 9.05 Å². The van der Waals surface area contributed by atoms with Crippen LogP contribution >= 0.6 is 62.0 Å². The first-order valence-corrected chi connectivity index (χ1v) is 9.61. The van der Waals surface area contributed by atoms with E-state index in [0.717, 1.165) is 0 Å². The zero-order valence-electron chi connectivity index (χ0n) is 10.4. The van der Waals surface area contributed by atoms with Gasteiger partial charge in [0.1, 0.15) is 0 Å². The van der Waals surface area contributed by atoms with Crippen molar-refractivity contribution in [2.24, 2.45) is 0 Å². The van der Waals surface area contributed by atoms with Crippen molar-refractivity contribution in [1.29, 1.82) is 0 Å². The Labute approximate surface area is 171 Å². The fourth-order valence-corrected chi connectivity index (χ4v) is 1.66. The van der Waals surface area contributed by atoms with Crippen molar-refractivity contribution in [3.05, 3.63) is 0 Å². The molecule has 0 aromatic rings. The van der Waals surface area contributed by atoms with Crippen LogP contribution in [0.25, 0.3) is 0 Å². The molecule has 0 spiro atoms. The maximum Gasteiger partial charge on any atom is 2.00 e. The van der Waals surface area contributed by atoms with E-state index in [9.17, 15) is 18.9 Å². The summed E-state index contributed by atoms with van der Waals surface area (Å²) in [6, 6.07) is 0. The molecule has 0 radical (unpaired) electrons. The molecule has 0 saturated heterocycles.